The molecular weight excluding hydrogens is 446 g/mol. The summed E-state index contributed by atoms with van der Waals surface area (Å²) in [4.78, 5) is 54.7. The lowest BCUT2D eigenvalue weighted by Gasteiger charge is -2.45. The van der Waals surface area contributed by atoms with Crippen molar-refractivity contribution in [3.63, 3.8) is 0 Å². The second-order valence-electron chi connectivity index (χ2n) is 9.92. The standard InChI is InChI=1S/C27H37N3O5/c1-2-3-18-35-27(34)28-22(26(33)29-16-8-11-19-10-4-7-15-23(19)29)14-9-17-30-24(31)20-12-5-6-13-21(20)25(30)32/h5-6,12-13,19,22-23H,2-4,7-11,14-18H2,1H3,(H,28,34)/t19-,22-,23+/m1/s1. The predicted molar refractivity (Wildman–Crippen MR) is 131 cm³/mol. The number of nitrogens with one attached hydrogen (secondary N) is 1. The minimum Gasteiger partial charge on any atom is -0.450 e. The molecule has 2 heterocycles. The minimum atomic E-state index is -0.736. The SMILES string of the molecule is CCCCOC(=O)N[C@H](CCCN1C(=O)c2ccccc2C1=O)C(=O)N1CCC[C@H]2CCCC[C@@H]21. The van der Waals surface area contributed by atoms with Crippen molar-refractivity contribution in [3.05, 3.63) is 35.4 Å². The number of ether oxygens (including phenoxy) is 1. The molecule has 4 rings (SSSR count). The van der Waals surface area contributed by atoms with Gasteiger partial charge in [-0.05, 0) is 63.0 Å². The van der Waals surface area contributed by atoms with E-state index in [2.05, 4.69) is 5.32 Å². The van der Waals surface area contributed by atoms with Crippen LogP contribution in [0.3, 0.4) is 0 Å². The van der Waals surface area contributed by atoms with E-state index >= 15 is 0 Å². The van der Waals surface area contributed by atoms with Crippen LogP contribution in [-0.4, -0.2) is 65.4 Å². The molecule has 8 heteroatoms. The zero-order valence-corrected chi connectivity index (χ0v) is 20.7. The smallest absolute Gasteiger partial charge is 0.407 e. The summed E-state index contributed by atoms with van der Waals surface area (Å²) in [5.74, 6) is -0.142. The molecule has 0 aromatic heterocycles. The summed E-state index contributed by atoms with van der Waals surface area (Å²) in [5, 5.41) is 2.79. The molecule has 0 bridgehead atoms. The first-order valence-electron chi connectivity index (χ1n) is 13.2. The maximum atomic E-state index is 13.7. The fraction of sp³-hybridized carbons (Fsp3) is 0.630. The number of alkyl carbamates (subject to hydrolysis) is 1. The van der Waals surface area contributed by atoms with Crippen LogP contribution in [-0.2, 0) is 9.53 Å². The Labute approximate surface area is 207 Å². The number of likely N-dealkylation sites (tertiary alicyclic amines) is 1. The molecule has 0 spiro atoms. The molecule has 0 unspecified atom stereocenters. The first-order chi connectivity index (χ1) is 17.0. The Morgan fingerprint density at radius 2 is 1.71 bits per heavy atom. The highest BCUT2D eigenvalue weighted by Gasteiger charge is 2.39. The highest BCUT2D eigenvalue weighted by molar-refractivity contribution is 6.21. The van der Waals surface area contributed by atoms with Crippen molar-refractivity contribution < 1.29 is 23.9 Å². The van der Waals surface area contributed by atoms with Gasteiger partial charge in [0.05, 0.1) is 17.7 Å². The third kappa shape index (κ3) is 5.68. The van der Waals surface area contributed by atoms with Crippen LogP contribution in [0.5, 0.6) is 0 Å². The number of amides is 4. The molecule has 4 amide bonds. The number of rotatable bonds is 9. The first kappa shape index (κ1) is 25.2. The number of unbranched alkanes of at least 4 members (excludes halogenated alkanes) is 1. The minimum absolute atomic E-state index is 0.0728. The van der Waals surface area contributed by atoms with Gasteiger partial charge in [0.15, 0.2) is 0 Å². The second kappa shape index (κ2) is 11.7. The first-order valence-corrected chi connectivity index (χ1v) is 13.2. The van der Waals surface area contributed by atoms with Gasteiger partial charge in [-0.25, -0.2) is 4.79 Å². The van der Waals surface area contributed by atoms with Gasteiger partial charge in [0.2, 0.25) is 5.91 Å². The van der Waals surface area contributed by atoms with Crippen LogP contribution in [0.25, 0.3) is 0 Å². The van der Waals surface area contributed by atoms with E-state index in [0.717, 1.165) is 44.9 Å². The Bertz CT molecular complexity index is 911. The summed E-state index contributed by atoms with van der Waals surface area (Å²) >= 11 is 0. The summed E-state index contributed by atoms with van der Waals surface area (Å²) in [6.07, 6.45) is 8.49. The number of hydrogen-bond acceptors (Lipinski definition) is 5. The van der Waals surface area contributed by atoms with E-state index in [4.69, 9.17) is 4.74 Å². The van der Waals surface area contributed by atoms with Gasteiger partial charge in [0.1, 0.15) is 6.04 Å². The third-order valence-electron chi connectivity index (χ3n) is 7.60. The van der Waals surface area contributed by atoms with Crippen molar-refractivity contribution >= 4 is 23.8 Å². The van der Waals surface area contributed by atoms with Crippen molar-refractivity contribution in [3.8, 4) is 0 Å². The van der Waals surface area contributed by atoms with Gasteiger partial charge in [0.25, 0.3) is 11.8 Å². The molecule has 1 aliphatic carbocycles. The van der Waals surface area contributed by atoms with Crippen LogP contribution in [0, 0.1) is 5.92 Å². The molecule has 1 saturated heterocycles. The summed E-state index contributed by atoms with van der Waals surface area (Å²) < 4.78 is 5.27. The van der Waals surface area contributed by atoms with Crippen molar-refractivity contribution in [1.29, 1.82) is 0 Å². The Morgan fingerprint density at radius 3 is 2.43 bits per heavy atom. The number of carbonyl (C=O) groups excluding carboxylic acids is 4. The monoisotopic (exact) mass is 483 g/mol. The van der Waals surface area contributed by atoms with Crippen molar-refractivity contribution in [2.75, 3.05) is 19.7 Å². The van der Waals surface area contributed by atoms with E-state index in [-0.39, 0.29) is 30.3 Å². The Morgan fingerprint density at radius 1 is 1.03 bits per heavy atom. The largest absolute Gasteiger partial charge is 0.450 e. The summed E-state index contributed by atoms with van der Waals surface area (Å²) in [6.45, 7) is 3.24. The zero-order chi connectivity index (χ0) is 24.8. The van der Waals surface area contributed by atoms with Gasteiger partial charge in [-0.15, -0.1) is 0 Å². The van der Waals surface area contributed by atoms with Gasteiger partial charge in [0, 0.05) is 19.1 Å². The molecule has 0 radical (unpaired) electrons. The number of fused-ring (bicyclic) bond motifs is 2. The number of nitrogens with zero attached hydrogens (tertiary/aromatic N) is 2. The molecule has 3 atom stereocenters. The molecule has 190 valence electrons. The molecule has 35 heavy (non-hydrogen) atoms. The van der Waals surface area contributed by atoms with Crippen LogP contribution in [0.2, 0.25) is 0 Å². The van der Waals surface area contributed by atoms with Crippen LogP contribution >= 0.6 is 0 Å². The summed E-state index contributed by atoms with van der Waals surface area (Å²) in [6, 6.07) is 6.31. The molecular formula is C27H37N3O5. The molecule has 1 aromatic rings. The van der Waals surface area contributed by atoms with Crippen molar-refractivity contribution in [1.82, 2.24) is 15.1 Å². The van der Waals surface area contributed by atoms with E-state index in [0.29, 0.717) is 43.0 Å². The average molecular weight is 484 g/mol. The zero-order valence-electron chi connectivity index (χ0n) is 20.7. The van der Waals surface area contributed by atoms with E-state index in [1.807, 2.05) is 11.8 Å². The quantitative estimate of drug-likeness (QED) is 0.421. The Kier molecular flexibility index (Phi) is 8.42. The second-order valence-corrected chi connectivity index (χ2v) is 9.92. The molecule has 1 saturated carbocycles. The highest BCUT2D eigenvalue weighted by atomic mass is 16.5. The summed E-state index contributed by atoms with van der Waals surface area (Å²) in [7, 11) is 0. The van der Waals surface area contributed by atoms with Crippen molar-refractivity contribution in [2.45, 2.75) is 83.2 Å². The van der Waals surface area contributed by atoms with Gasteiger partial charge in [-0.3, -0.25) is 19.3 Å². The van der Waals surface area contributed by atoms with Crippen LogP contribution in [0.4, 0.5) is 4.79 Å². The van der Waals surface area contributed by atoms with Gasteiger partial charge < -0.3 is 15.0 Å². The number of piperidine rings is 1. The van der Waals surface area contributed by atoms with E-state index in [9.17, 15) is 19.2 Å². The molecule has 8 nitrogen and oxygen atoms in total. The normalized spacial score (nSPS) is 22.4. The lowest BCUT2D eigenvalue weighted by Crippen LogP contribution is -2.56. The maximum Gasteiger partial charge on any atom is 0.407 e. The molecule has 3 aliphatic rings. The molecule has 2 aliphatic heterocycles. The van der Waals surface area contributed by atoms with E-state index < -0.39 is 12.1 Å². The number of benzene rings is 1. The van der Waals surface area contributed by atoms with Crippen LogP contribution in [0.15, 0.2) is 24.3 Å². The molecule has 1 N–H and O–H groups in total. The van der Waals surface area contributed by atoms with Gasteiger partial charge in [-0.2, -0.15) is 0 Å². The lowest BCUT2D eigenvalue weighted by molar-refractivity contribution is -0.140. The highest BCUT2D eigenvalue weighted by Crippen LogP contribution is 2.35. The maximum absolute atomic E-state index is 13.7. The van der Waals surface area contributed by atoms with Crippen molar-refractivity contribution in [2.24, 2.45) is 5.92 Å². The fourth-order valence-corrected chi connectivity index (χ4v) is 5.74. The average Bonchev–Trinajstić information content (AvgIpc) is 3.12. The number of imide groups is 1. The molecule has 2 fully saturated rings. The number of hydrogen-bond donors (Lipinski definition) is 1. The predicted octanol–water partition coefficient (Wildman–Crippen LogP) is 4.14. The van der Waals surface area contributed by atoms with Crippen LogP contribution in [0.1, 0.15) is 91.8 Å². The van der Waals surface area contributed by atoms with Crippen LogP contribution < -0.4 is 5.32 Å². The topological polar surface area (TPSA) is 96.0 Å². The van der Waals surface area contributed by atoms with E-state index in [1.165, 1.54) is 11.3 Å². The lowest BCUT2D eigenvalue weighted by atomic mass is 9.78. The molecule has 1 aromatic carbocycles. The third-order valence-corrected chi connectivity index (χ3v) is 7.60. The fourth-order valence-electron chi connectivity index (χ4n) is 5.74. The van der Waals surface area contributed by atoms with E-state index in [1.54, 1.807) is 24.3 Å². The Balaban J connectivity index is 1.41. The number of carbonyl (C=O) groups is 4. The van der Waals surface area contributed by atoms with Gasteiger partial charge in [-0.1, -0.05) is 38.3 Å². The Hall–Kier alpha value is -2.90. The van der Waals surface area contributed by atoms with Gasteiger partial charge >= 0.3 is 6.09 Å². The summed E-state index contributed by atoms with van der Waals surface area (Å²) in [5.41, 5.74) is 0.832.